The zero-order chi connectivity index (χ0) is 23.0. The van der Waals surface area contributed by atoms with Crippen LogP contribution in [0.5, 0.6) is 17.2 Å². The zero-order valence-electron chi connectivity index (χ0n) is 16.8. The summed E-state index contributed by atoms with van der Waals surface area (Å²) in [6, 6.07) is 8.09. The number of sulfonamides is 1. The van der Waals surface area contributed by atoms with Gasteiger partial charge in [-0.3, -0.25) is 14.9 Å². The van der Waals surface area contributed by atoms with Crippen LogP contribution in [0.3, 0.4) is 0 Å². The number of hydrogen-bond donors (Lipinski definition) is 2. The average Bonchev–Trinajstić information content (AvgIpc) is 2.77. The molecule has 31 heavy (non-hydrogen) atoms. The molecule has 13 heteroatoms. The minimum Gasteiger partial charge on any atom is -0.493 e. The molecule has 0 aliphatic rings. The molecule has 166 valence electrons. The lowest BCUT2D eigenvalue weighted by atomic mass is 10.2. The highest BCUT2D eigenvalue weighted by Crippen LogP contribution is 2.29. The number of ether oxygens (including phenoxy) is 3. The SMILES string of the molecule is COc1ccc(S(=O)(=O)NCC(=O)NN=Cc2ccc(OC)c([N+](=O)[O-])c2)cc1OC. The maximum Gasteiger partial charge on any atom is 0.311 e. The van der Waals surface area contributed by atoms with Gasteiger partial charge in [0.1, 0.15) is 0 Å². The van der Waals surface area contributed by atoms with Crippen molar-refractivity contribution in [2.24, 2.45) is 5.10 Å². The van der Waals surface area contributed by atoms with Gasteiger partial charge in [0.15, 0.2) is 17.2 Å². The third-order valence-corrected chi connectivity index (χ3v) is 5.29. The largest absolute Gasteiger partial charge is 0.493 e. The predicted molar refractivity (Wildman–Crippen MR) is 110 cm³/mol. The Morgan fingerprint density at radius 2 is 1.71 bits per heavy atom. The van der Waals surface area contributed by atoms with Gasteiger partial charge in [0, 0.05) is 17.7 Å². The van der Waals surface area contributed by atoms with Crippen LogP contribution < -0.4 is 24.4 Å². The summed E-state index contributed by atoms with van der Waals surface area (Å²) in [6.45, 7) is -0.587. The number of nitrogens with zero attached hydrogens (tertiary/aromatic N) is 2. The van der Waals surface area contributed by atoms with E-state index in [-0.39, 0.29) is 22.1 Å². The predicted octanol–water partition coefficient (Wildman–Crippen LogP) is 1.05. The summed E-state index contributed by atoms with van der Waals surface area (Å²) in [5, 5.41) is 14.7. The highest BCUT2D eigenvalue weighted by Gasteiger charge is 2.18. The van der Waals surface area contributed by atoms with Gasteiger partial charge in [0.25, 0.3) is 5.91 Å². The van der Waals surface area contributed by atoms with Crippen LogP contribution in [0.2, 0.25) is 0 Å². The van der Waals surface area contributed by atoms with Crippen LogP contribution in [0.1, 0.15) is 5.56 Å². The van der Waals surface area contributed by atoms with Crippen molar-refractivity contribution >= 4 is 27.8 Å². The number of nitrogens with one attached hydrogen (secondary N) is 2. The second kappa shape index (κ2) is 10.4. The highest BCUT2D eigenvalue weighted by molar-refractivity contribution is 7.89. The van der Waals surface area contributed by atoms with Gasteiger partial charge in [-0.1, -0.05) is 0 Å². The standard InChI is InChI=1S/C18H20N4O8S/c1-28-15-6-4-12(8-14(15)22(24)25)10-19-21-18(23)11-20-31(26,27)13-5-7-16(29-2)17(9-13)30-3/h4-10,20H,11H2,1-3H3,(H,21,23). The lowest BCUT2D eigenvalue weighted by molar-refractivity contribution is -0.385. The van der Waals surface area contributed by atoms with E-state index < -0.39 is 27.4 Å². The van der Waals surface area contributed by atoms with Crippen LogP contribution in [0.15, 0.2) is 46.4 Å². The van der Waals surface area contributed by atoms with Crippen molar-refractivity contribution in [2.75, 3.05) is 27.9 Å². The first kappa shape index (κ1) is 23.6. The molecule has 0 unspecified atom stereocenters. The molecule has 0 radical (unpaired) electrons. The average molecular weight is 452 g/mol. The third kappa shape index (κ3) is 6.13. The fraction of sp³-hybridized carbons (Fsp3) is 0.222. The smallest absolute Gasteiger partial charge is 0.311 e. The lowest BCUT2D eigenvalue weighted by Gasteiger charge is -2.10. The van der Waals surface area contributed by atoms with E-state index in [1.165, 1.54) is 63.9 Å². The molecule has 0 heterocycles. The summed E-state index contributed by atoms with van der Waals surface area (Å²) in [6.07, 6.45) is 1.17. The Hall–Kier alpha value is -3.71. The first-order valence-electron chi connectivity index (χ1n) is 8.58. The van der Waals surface area contributed by atoms with E-state index in [1.807, 2.05) is 0 Å². The normalized spacial score (nSPS) is 11.2. The first-order valence-corrected chi connectivity index (χ1v) is 10.1. The number of methoxy groups -OCH3 is 3. The summed E-state index contributed by atoms with van der Waals surface area (Å²) in [4.78, 5) is 22.2. The second-order valence-electron chi connectivity index (χ2n) is 5.82. The number of carbonyl (C=O) groups is 1. The van der Waals surface area contributed by atoms with E-state index in [0.29, 0.717) is 11.3 Å². The maximum absolute atomic E-state index is 12.4. The number of rotatable bonds is 10. The Bertz CT molecular complexity index is 1100. The number of hydrogen-bond acceptors (Lipinski definition) is 9. The monoisotopic (exact) mass is 452 g/mol. The summed E-state index contributed by atoms with van der Waals surface area (Å²) >= 11 is 0. The Morgan fingerprint density at radius 3 is 2.32 bits per heavy atom. The second-order valence-corrected chi connectivity index (χ2v) is 7.59. The van der Waals surface area contributed by atoms with Crippen molar-refractivity contribution in [3.8, 4) is 17.2 Å². The molecule has 2 aromatic carbocycles. The summed E-state index contributed by atoms with van der Waals surface area (Å²) in [5.74, 6) is -0.0978. The molecule has 0 bridgehead atoms. The van der Waals surface area contributed by atoms with Crippen LogP contribution in [-0.2, 0) is 14.8 Å². The van der Waals surface area contributed by atoms with Gasteiger partial charge in [-0.15, -0.1) is 0 Å². The fourth-order valence-electron chi connectivity index (χ4n) is 2.38. The molecule has 0 spiro atoms. The number of nitro benzene ring substituents is 1. The molecule has 0 aliphatic carbocycles. The minimum absolute atomic E-state index is 0.0794. The number of carbonyl (C=O) groups excluding carboxylic acids is 1. The van der Waals surface area contributed by atoms with Gasteiger partial charge < -0.3 is 14.2 Å². The molecule has 0 saturated carbocycles. The van der Waals surface area contributed by atoms with E-state index in [0.717, 1.165) is 0 Å². The lowest BCUT2D eigenvalue weighted by Crippen LogP contribution is -2.34. The van der Waals surface area contributed by atoms with Crippen molar-refractivity contribution in [3.05, 3.63) is 52.1 Å². The molecule has 2 N–H and O–H groups in total. The first-order chi connectivity index (χ1) is 14.7. The zero-order valence-corrected chi connectivity index (χ0v) is 17.6. The molecule has 0 fully saturated rings. The van der Waals surface area contributed by atoms with Crippen LogP contribution in [0.25, 0.3) is 0 Å². The molecular formula is C18H20N4O8S. The van der Waals surface area contributed by atoms with E-state index in [2.05, 4.69) is 15.2 Å². The Labute approximate surface area is 178 Å². The van der Waals surface area contributed by atoms with Crippen LogP contribution >= 0.6 is 0 Å². The van der Waals surface area contributed by atoms with E-state index in [4.69, 9.17) is 14.2 Å². The summed E-state index contributed by atoms with van der Waals surface area (Å²) < 4.78 is 41.9. The molecule has 12 nitrogen and oxygen atoms in total. The van der Waals surface area contributed by atoms with Crippen LogP contribution in [0.4, 0.5) is 5.69 Å². The molecule has 2 rings (SSSR count). The van der Waals surface area contributed by atoms with Gasteiger partial charge in [0.2, 0.25) is 10.0 Å². The minimum atomic E-state index is -4.00. The summed E-state index contributed by atoms with van der Waals surface area (Å²) in [5.41, 5.74) is 2.20. The van der Waals surface area contributed by atoms with Crippen molar-refractivity contribution < 1.29 is 32.3 Å². The Morgan fingerprint density at radius 1 is 1.06 bits per heavy atom. The number of benzene rings is 2. The Balaban J connectivity index is 1.99. The number of hydrazone groups is 1. The van der Waals surface area contributed by atoms with Gasteiger partial charge in [-0.2, -0.15) is 5.10 Å². The molecule has 0 aliphatic heterocycles. The topological polar surface area (TPSA) is 158 Å². The molecule has 0 atom stereocenters. The van der Waals surface area contributed by atoms with Crippen molar-refractivity contribution in [3.63, 3.8) is 0 Å². The van der Waals surface area contributed by atoms with Crippen molar-refractivity contribution in [1.29, 1.82) is 0 Å². The molecule has 0 saturated heterocycles. The maximum atomic E-state index is 12.4. The third-order valence-electron chi connectivity index (χ3n) is 3.89. The number of amides is 1. The molecule has 2 aromatic rings. The van der Waals surface area contributed by atoms with Crippen molar-refractivity contribution in [1.82, 2.24) is 10.1 Å². The molecule has 1 amide bonds. The van der Waals surface area contributed by atoms with Gasteiger partial charge >= 0.3 is 5.69 Å². The van der Waals surface area contributed by atoms with Crippen molar-refractivity contribution in [2.45, 2.75) is 4.90 Å². The fourth-order valence-corrected chi connectivity index (χ4v) is 3.37. The summed E-state index contributed by atoms with van der Waals surface area (Å²) in [7, 11) is 0.0865. The molecular weight excluding hydrogens is 432 g/mol. The molecule has 0 aromatic heterocycles. The van der Waals surface area contributed by atoms with E-state index >= 15 is 0 Å². The quantitative estimate of drug-likeness (QED) is 0.307. The highest BCUT2D eigenvalue weighted by atomic mass is 32.2. The van der Waals surface area contributed by atoms with E-state index in [9.17, 15) is 23.3 Å². The van der Waals surface area contributed by atoms with Gasteiger partial charge in [-0.05, 0) is 24.3 Å². The van der Waals surface area contributed by atoms with Gasteiger partial charge in [0.05, 0.1) is 43.9 Å². The van der Waals surface area contributed by atoms with E-state index in [1.54, 1.807) is 0 Å². The Kier molecular flexibility index (Phi) is 7.88. The van der Waals surface area contributed by atoms with Crippen LogP contribution in [0, 0.1) is 10.1 Å². The van der Waals surface area contributed by atoms with Crippen LogP contribution in [-0.4, -0.2) is 53.3 Å². The van der Waals surface area contributed by atoms with Gasteiger partial charge in [-0.25, -0.2) is 18.6 Å². The number of nitro groups is 1.